The Kier molecular flexibility index (Phi) is 6.86. The molecule has 0 spiro atoms. The summed E-state index contributed by atoms with van der Waals surface area (Å²) in [6.07, 6.45) is 1.78. The van der Waals surface area contributed by atoms with Gasteiger partial charge in [0.15, 0.2) is 0 Å². The third-order valence-corrected chi connectivity index (χ3v) is 6.51. The normalized spacial score (nSPS) is 24.5. The van der Waals surface area contributed by atoms with Crippen LogP contribution in [0.4, 0.5) is 0 Å². The van der Waals surface area contributed by atoms with Crippen LogP contribution < -0.4 is 5.73 Å². The van der Waals surface area contributed by atoms with Crippen molar-refractivity contribution in [2.45, 2.75) is 50.5 Å². The van der Waals surface area contributed by atoms with Gasteiger partial charge in [-0.25, -0.2) is 8.42 Å². The highest BCUT2D eigenvalue weighted by atomic mass is 35.5. The lowest BCUT2D eigenvalue weighted by molar-refractivity contribution is 0.250. The molecule has 1 heterocycles. The third kappa shape index (κ3) is 4.02. The largest absolute Gasteiger partial charge is 0.327 e. The van der Waals surface area contributed by atoms with Crippen molar-refractivity contribution in [1.29, 1.82) is 0 Å². The highest BCUT2D eigenvalue weighted by Crippen LogP contribution is 2.25. The van der Waals surface area contributed by atoms with E-state index in [1.807, 2.05) is 19.1 Å². The molecule has 0 saturated carbocycles. The first kappa shape index (κ1) is 19.4. The molecule has 0 radical (unpaired) electrons. The van der Waals surface area contributed by atoms with Crippen molar-refractivity contribution in [3.8, 4) is 0 Å². The maximum absolute atomic E-state index is 12.7. The standard InChI is InChI=1S/C16H26N2O2S.ClH/c1-4-12(2)14-5-7-15(8-6-14)21(19,20)18-10-9-16(17)13(3)11-18;/h5-8,12-13,16H,4,9-11,17H2,1-3H3;1H. The summed E-state index contributed by atoms with van der Waals surface area (Å²) in [5.74, 6) is 0.655. The van der Waals surface area contributed by atoms with Gasteiger partial charge in [0.2, 0.25) is 10.0 Å². The molecule has 2 N–H and O–H groups in total. The molecule has 126 valence electrons. The van der Waals surface area contributed by atoms with E-state index in [-0.39, 0.29) is 24.4 Å². The maximum Gasteiger partial charge on any atom is 0.243 e. The smallest absolute Gasteiger partial charge is 0.243 e. The molecule has 0 aromatic heterocycles. The van der Waals surface area contributed by atoms with Crippen LogP contribution in [0.1, 0.15) is 45.1 Å². The second-order valence-corrected chi connectivity index (χ2v) is 8.11. The van der Waals surface area contributed by atoms with Crippen LogP contribution in [0.25, 0.3) is 0 Å². The van der Waals surface area contributed by atoms with Gasteiger partial charge in [0.1, 0.15) is 0 Å². The Balaban J connectivity index is 0.00000242. The fourth-order valence-corrected chi connectivity index (χ4v) is 4.25. The lowest BCUT2D eigenvalue weighted by atomic mass is 9.96. The molecule has 22 heavy (non-hydrogen) atoms. The molecular weight excluding hydrogens is 320 g/mol. The van der Waals surface area contributed by atoms with Gasteiger partial charge >= 0.3 is 0 Å². The summed E-state index contributed by atoms with van der Waals surface area (Å²) in [6, 6.07) is 7.43. The Morgan fingerprint density at radius 3 is 2.41 bits per heavy atom. The van der Waals surface area contributed by atoms with Crippen molar-refractivity contribution in [2.24, 2.45) is 11.7 Å². The predicted molar refractivity (Wildman–Crippen MR) is 92.9 cm³/mol. The lowest BCUT2D eigenvalue weighted by Gasteiger charge is -2.34. The van der Waals surface area contributed by atoms with Gasteiger partial charge in [-0.1, -0.05) is 32.9 Å². The predicted octanol–water partition coefficient (Wildman–Crippen LogP) is 2.98. The molecule has 1 aliphatic heterocycles. The number of rotatable bonds is 4. The number of piperidine rings is 1. The fraction of sp³-hybridized carbons (Fsp3) is 0.625. The van der Waals surface area contributed by atoms with Crippen LogP contribution in [-0.2, 0) is 10.0 Å². The van der Waals surface area contributed by atoms with Gasteiger partial charge in [-0.15, -0.1) is 12.4 Å². The maximum atomic E-state index is 12.7. The van der Waals surface area contributed by atoms with E-state index in [4.69, 9.17) is 5.73 Å². The molecule has 0 aliphatic carbocycles. The highest BCUT2D eigenvalue weighted by molar-refractivity contribution is 7.89. The number of sulfonamides is 1. The Morgan fingerprint density at radius 1 is 1.32 bits per heavy atom. The van der Waals surface area contributed by atoms with Crippen molar-refractivity contribution in [3.63, 3.8) is 0 Å². The molecule has 1 saturated heterocycles. The number of nitrogens with two attached hydrogens (primary N) is 1. The molecule has 1 aromatic carbocycles. The van der Waals surface area contributed by atoms with Crippen molar-refractivity contribution >= 4 is 22.4 Å². The zero-order valence-corrected chi connectivity index (χ0v) is 15.2. The van der Waals surface area contributed by atoms with E-state index in [1.54, 1.807) is 16.4 Å². The van der Waals surface area contributed by atoms with E-state index in [0.717, 1.165) is 12.8 Å². The average Bonchev–Trinajstić information content (AvgIpc) is 2.49. The molecule has 3 atom stereocenters. The molecule has 3 unspecified atom stereocenters. The minimum absolute atomic E-state index is 0. The van der Waals surface area contributed by atoms with Gasteiger partial charge in [0.05, 0.1) is 4.90 Å². The second kappa shape index (κ2) is 7.77. The third-order valence-electron chi connectivity index (χ3n) is 4.63. The topological polar surface area (TPSA) is 63.4 Å². The number of benzene rings is 1. The summed E-state index contributed by atoms with van der Waals surface area (Å²) in [4.78, 5) is 0.386. The average molecular weight is 347 g/mol. The molecule has 1 fully saturated rings. The van der Waals surface area contributed by atoms with Crippen molar-refractivity contribution in [3.05, 3.63) is 29.8 Å². The summed E-state index contributed by atoms with van der Waals surface area (Å²) in [5, 5.41) is 0. The Hall–Kier alpha value is -0.620. The first-order valence-electron chi connectivity index (χ1n) is 7.72. The molecule has 1 aliphatic rings. The van der Waals surface area contributed by atoms with E-state index < -0.39 is 10.0 Å². The summed E-state index contributed by atoms with van der Waals surface area (Å²) < 4.78 is 26.9. The number of hydrogen-bond acceptors (Lipinski definition) is 3. The number of nitrogens with zero attached hydrogens (tertiary/aromatic N) is 1. The summed E-state index contributed by atoms with van der Waals surface area (Å²) >= 11 is 0. The minimum atomic E-state index is -3.39. The minimum Gasteiger partial charge on any atom is -0.327 e. The molecule has 6 heteroatoms. The summed E-state index contributed by atoms with van der Waals surface area (Å²) in [5.41, 5.74) is 7.16. The van der Waals surface area contributed by atoms with Gasteiger partial charge in [-0.3, -0.25) is 0 Å². The van der Waals surface area contributed by atoms with Crippen molar-refractivity contribution in [2.75, 3.05) is 13.1 Å². The van der Waals surface area contributed by atoms with Gasteiger partial charge < -0.3 is 5.73 Å². The summed E-state index contributed by atoms with van der Waals surface area (Å²) in [7, 11) is -3.39. The van der Waals surface area contributed by atoms with E-state index in [2.05, 4.69) is 13.8 Å². The molecule has 2 rings (SSSR count). The Bertz CT molecular complexity index is 574. The SMILES string of the molecule is CCC(C)c1ccc(S(=O)(=O)N2CCC(N)C(C)C2)cc1.Cl. The second-order valence-electron chi connectivity index (χ2n) is 6.17. The van der Waals surface area contributed by atoms with Gasteiger partial charge in [0, 0.05) is 19.1 Å². The highest BCUT2D eigenvalue weighted by Gasteiger charge is 2.31. The van der Waals surface area contributed by atoms with Crippen LogP contribution in [0.3, 0.4) is 0 Å². The molecular formula is C16H27ClN2O2S. The molecule has 4 nitrogen and oxygen atoms in total. The monoisotopic (exact) mass is 346 g/mol. The van der Waals surface area contributed by atoms with Crippen LogP contribution in [0.5, 0.6) is 0 Å². The number of halogens is 1. The van der Waals surface area contributed by atoms with Gasteiger partial charge in [0.25, 0.3) is 0 Å². The van der Waals surface area contributed by atoms with Crippen LogP contribution in [-0.4, -0.2) is 31.9 Å². The zero-order valence-electron chi connectivity index (χ0n) is 13.5. The quantitative estimate of drug-likeness (QED) is 0.911. The van der Waals surface area contributed by atoms with Crippen LogP contribution in [0, 0.1) is 5.92 Å². The van der Waals surface area contributed by atoms with Crippen molar-refractivity contribution in [1.82, 2.24) is 4.31 Å². The van der Waals surface area contributed by atoms with E-state index in [1.165, 1.54) is 5.56 Å². The molecule has 0 amide bonds. The Morgan fingerprint density at radius 2 is 1.91 bits per heavy atom. The molecule has 0 bridgehead atoms. The van der Waals surface area contributed by atoms with Crippen LogP contribution in [0.15, 0.2) is 29.2 Å². The fourth-order valence-electron chi connectivity index (χ4n) is 2.70. The van der Waals surface area contributed by atoms with E-state index in [0.29, 0.717) is 23.9 Å². The van der Waals surface area contributed by atoms with Gasteiger partial charge in [-0.05, 0) is 42.4 Å². The van der Waals surface area contributed by atoms with Crippen LogP contribution in [0.2, 0.25) is 0 Å². The van der Waals surface area contributed by atoms with E-state index in [9.17, 15) is 8.42 Å². The first-order chi connectivity index (χ1) is 9.86. The summed E-state index contributed by atoms with van der Waals surface area (Å²) in [6.45, 7) is 7.32. The first-order valence-corrected chi connectivity index (χ1v) is 9.16. The number of hydrogen-bond donors (Lipinski definition) is 1. The Labute approximate surface area is 140 Å². The van der Waals surface area contributed by atoms with E-state index >= 15 is 0 Å². The van der Waals surface area contributed by atoms with Crippen molar-refractivity contribution < 1.29 is 8.42 Å². The van der Waals surface area contributed by atoms with Gasteiger partial charge in [-0.2, -0.15) is 4.31 Å². The van der Waals surface area contributed by atoms with Crippen LogP contribution >= 0.6 is 12.4 Å². The zero-order chi connectivity index (χ0) is 15.6. The lowest BCUT2D eigenvalue weighted by Crippen LogP contribution is -2.48. The molecule has 1 aromatic rings.